The van der Waals surface area contributed by atoms with E-state index in [2.05, 4.69) is 24.2 Å². The third kappa shape index (κ3) is 7.21. The van der Waals surface area contributed by atoms with Crippen molar-refractivity contribution in [2.75, 3.05) is 40.0 Å². The molecule has 1 aromatic rings. The van der Waals surface area contributed by atoms with Crippen LogP contribution in [0.15, 0.2) is 29.3 Å². The normalized spacial score (nSPS) is 15.4. The first-order chi connectivity index (χ1) is 13.1. The van der Waals surface area contributed by atoms with Gasteiger partial charge >= 0.3 is 5.97 Å². The van der Waals surface area contributed by atoms with Crippen LogP contribution >= 0.6 is 0 Å². The van der Waals surface area contributed by atoms with Crippen LogP contribution in [0.5, 0.6) is 0 Å². The third-order valence-electron chi connectivity index (χ3n) is 4.79. The predicted molar refractivity (Wildman–Crippen MR) is 108 cm³/mol. The lowest BCUT2D eigenvalue weighted by atomic mass is 9.96. The van der Waals surface area contributed by atoms with Gasteiger partial charge in [0, 0.05) is 33.4 Å². The average Bonchev–Trinajstić information content (AvgIpc) is 2.70. The molecular weight excluding hydrogens is 342 g/mol. The highest BCUT2D eigenvalue weighted by Crippen LogP contribution is 2.18. The standard InChI is InChI=1S/C21H33N3O3/c1-4-22-21(24(3)13-10-17-11-14-26-15-12-17)23-16-18-6-8-19(9-7-18)20(25)27-5-2/h6-9,17H,4-5,10-16H2,1-3H3,(H,22,23). The highest BCUT2D eigenvalue weighted by molar-refractivity contribution is 5.89. The fourth-order valence-electron chi connectivity index (χ4n) is 3.11. The SMILES string of the molecule is CCNC(=NCc1ccc(C(=O)OCC)cc1)N(C)CCC1CCOCC1. The molecule has 27 heavy (non-hydrogen) atoms. The Morgan fingerprint density at radius 3 is 2.59 bits per heavy atom. The molecule has 0 radical (unpaired) electrons. The first-order valence-corrected chi connectivity index (χ1v) is 9.97. The zero-order valence-electron chi connectivity index (χ0n) is 16.9. The van der Waals surface area contributed by atoms with Crippen molar-refractivity contribution in [1.82, 2.24) is 10.2 Å². The number of hydrogen-bond acceptors (Lipinski definition) is 4. The Bertz CT molecular complexity index is 595. The molecule has 1 N–H and O–H groups in total. The lowest BCUT2D eigenvalue weighted by Gasteiger charge is -2.26. The summed E-state index contributed by atoms with van der Waals surface area (Å²) in [6.45, 7) is 8.46. The van der Waals surface area contributed by atoms with E-state index in [1.54, 1.807) is 12.1 Å². The fraction of sp³-hybridized carbons (Fsp3) is 0.619. The molecular formula is C21H33N3O3. The fourth-order valence-corrected chi connectivity index (χ4v) is 3.11. The first-order valence-electron chi connectivity index (χ1n) is 9.97. The van der Waals surface area contributed by atoms with Crippen molar-refractivity contribution in [2.45, 2.75) is 39.7 Å². The lowest BCUT2D eigenvalue weighted by Crippen LogP contribution is -2.40. The van der Waals surface area contributed by atoms with E-state index in [1.807, 2.05) is 19.1 Å². The Labute approximate surface area is 162 Å². The molecule has 6 heteroatoms. The minimum absolute atomic E-state index is 0.284. The summed E-state index contributed by atoms with van der Waals surface area (Å²) < 4.78 is 10.5. The summed E-state index contributed by atoms with van der Waals surface area (Å²) in [5, 5.41) is 3.36. The van der Waals surface area contributed by atoms with Gasteiger partial charge in [0.1, 0.15) is 0 Å². The maximum Gasteiger partial charge on any atom is 0.338 e. The number of benzene rings is 1. The number of aliphatic imine (C=N–C) groups is 1. The Hall–Kier alpha value is -2.08. The zero-order valence-corrected chi connectivity index (χ0v) is 16.9. The van der Waals surface area contributed by atoms with Crippen molar-refractivity contribution in [3.8, 4) is 0 Å². The van der Waals surface area contributed by atoms with Crippen molar-refractivity contribution >= 4 is 11.9 Å². The topological polar surface area (TPSA) is 63.2 Å². The third-order valence-corrected chi connectivity index (χ3v) is 4.79. The van der Waals surface area contributed by atoms with Gasteiger partial charge in [-0.05, 0) is 56.7 Å². The lowest BCUT2D eigenvalue weighted by molar-refractivity contribution is 0.0526. The van der Waals surface area contributed by atoms with Crippen LogP contribution in [0.25, 0.3) is 0 Å². The number of carbonyl (C=O) groups is 1. The van der Waals surface area contributed by atoms with E-state index in [1.165, 1.54) is 6.42 Å². The number of nitrogens with one attached hydrogen (secondary N) is 1. The van der Waals surface area contributed by atoms with Gasteiger partial charge in [-0.3, -0.25) is 0 Å². The summed E-state index contributed by atoms with van der Waals surface area (Å²) in [6, 6.07) is 7.46. The van der Waals surface area contributed by atoms with Crippen molar-refractivity contribution in [1.29, 1.82) is 0 Å². The molecule has 0 saturated carbocycles. The van der Waals surface area contributed by atoms with Gasteiger partial charge in [-0.2, -0.15) is 0 Å². The van der Waals surface area contributed by atoms with E-state index >= 15 is 0 Å². The van der Waals surface area contributed by atoms with Gasteiger partial charge in [0.05, 0.1) is 18.7 Å². The van der Waals surface area contributed by atoms with Crippen LogP contribution in [0.4, 0.5) is 0 Å². The quantitative estimate of drug-likeness (QED) is 0.430. The Kier molecular flexibility index (Phi) is 9.11. The second kappa shape index (κ2) is 11.6. The molecule has 1 saturated heterocycles. The average molecular weight is 376 g/mol. The monoisotopic (exact) mass is 375 g/mol. The van der Waals surface area contributed by atoms with Gasteiger partial charge in [-0.1, -0.05) is 12.1 Å². The molecule has 0 aromatic heterocycles. The maximum absolute atomic E-state index is 11.7. The first kappa shape index (κ1) is 21.2. The highest BCUT2D eigenvalue weighted by Gasteiger charge is 2.15. The van der Waals surface area contributed by atoms with Gasteiger partial charge in [0.15, 0.2) is 5.96 Å². The van der Waals surface area contributed by atoms with E-state index in [0.29, 0.717) is 18.7 Å². The molecule has 1 aromatic carbocycles. The van der Waals surface area contributed by atoms with E-state index in [-0.39, 0.29) is 5.97 Å². The molecule has 0 spiro atoms. The second-order valence-corrected chi connectivity index (χ2v) is 6.85. The number of rotatable bonds is 8. The van der Waals surface area contributed by atoms with Crippen molar-refractivity contribution in [3.63, 3.8) is 0 Å². The highest BCUT2D eigenvalue weighted by atomic mass is 16.5. The Morgan fingerprint density at radius 2 is 1.96 bits per heavy atom. The molecule has 0 amide bonds. The van der Waals surface area contributed by atoms with E-state index < -0.39 is 0 Å². The number of esters is 1. The molecule has 1 heterocycles. The van der Waals surface area contributed by atoms with Crippen LogP contribution in [0, 0.1) is 5.92 Å². The van der Waals surface area contributed by atoms with E-state index in [0.717, 1.165) is 56.6 Å². The van der Waals surface area contributed by atoms with Crippen LogP contribution in [0.2, 0.25) is 0 Å². The van der Waals surface area contributed by atoms with Crippen LogP contribution in [0.1, 0.15) is 49.0 Å². The number of ether oxygens (including phenoxy) is 2. The number of guanidine groups is 1. The predicted octanol–water partition coefficient (Wildman–Crippen LogP) is 3.08. The molecule has 1 fully saturated rings. The van der Waals surface area contributed by atoms with Crippen LogP contribution < -0.4 is 5.32 Å². The zero-order chi connectivity index (χ0) is 19.5. The molecule has 0 atom stereocenters. The van der Waals surface area contributed by atoms with Gasteiger partial charge in [-0.25, -0.2) is 9.79 Å². The largest absolute Gasteiger partial charge is 0.462 e. The minimum atomic E-state index is -0.284. The summed E-state index contributed by atoms with van der Waals surface area (Å²) in [5.74, 6) is 1.38. The van der Waals surface area contributed by atoms with Crippen molar-refractivity contribution in [2.24, 2.45) is 10.9 Å². The van der Waals surface area contributed by atoms with E-state index in [4.69, 9.17) is 14.5 Å². The molecule has 1 aliphatic heterocycles. The van der Waals surface area contributed by atoms with E-state index in [9.17, 15) is 4.79 Å². The Morgan fingerprint density at radius 1 is 1.26 bits per heavy atom. The van der Waals surface area contributed by atoms with Crippen LogP contribution in [-0.2, 0) is 16.0 Å². The molecule has 150 valence electrons. The molecule has 6 nitrogen and oxygen atoms in total. The molecule has 0 bridgehead atoms. The van der Waals surface area contributed by atoms with Gasteiger partial charge < -0.3 is 19.7 Å². The minimum Gasteiger partial charge on any atom is -0.462 e. The molecule has 1 aliphatic rings. The molecule has 2 rings (SSSR count). The number of carbonyl (C=O) groups excluding carboxylic acids is 1. The van der Waals surface area contributed by atoms with Gasteiger partial charge in [0.25, 0.3) is 0 Å². The second-order valence-electron chi connectivity index (χ2n) is 6.85. The van der Waals surface area contributed by atoms with Crippen molar-refractivity contribution < 1.29 is 14.3 Å². The summed E-state index contributed by atoms with van der Waals surface area (Å²) >= 11 is 0. The Balaban J connectivity index is 1.90. The van der Waals surface area contributed by atoms with Crippen LogP contribution in [0.3, 0.4) is 0 Å². The molecule has 0 aliphatic carbocycles. The summed E-state index contributed by atoms with van der Waals surface area (Å²) in [6.07, 6.45) is 3.49. The summed E-state index contributed by atoms with van der Waals surface area (Å²) in [4.78, 5) is 18.7. The molecule has 0 unspecified atom stereocenters. The smallest absolute Gasteiger partial charge is 0.338 e. The van der Waals surface area contributed by atoms with Crippen LogP contribution in [-0.4, -0.2) is 56.8 Å². The summed E-state index contributed by atoms with van der Waals surface area (Å²) in [7, 11) is 2.09. The maximum atomic E-state index is 11.7. The van der Waals surface area contributed by atoms with Gasteiger partial charge in [0.2, 0.25) is 0 Å². The van der Waals surface area contributed by atoms with Gasteiger partial charge in [-0.15, -0.1) is 0 Å². The van der Waals surface area contributed by atoms with Crippen molar-refractivity contribution in [3.05, 3.63) is 35.4 Å². The summed E-state index contributed by atoms with van der Waals surface area (Å²) in [5.41, 5.74) is 1.64. The number of nitrogens with zero attached hydrogens (tertiary/aromatic N) is 2. The number of hydrogen-bond donors (Lipinski definition) is 1.